The van der Waals surface area contributed by atoms with Crippen LogP contribution in [-0.2, 0) is 9.63 Å². The molecule has 5 nitrogen and oxygen atoms in total. The van der Waals surface area contributed by atoms with E-state index in [1.807, 2.05) is 69.3 Å². The number of hydrogen-bond donors (Lipinski definition) is 1. The molecule has 0 radical (unpaired) electrons. The fraction of sp³-hybridized carbons (Fsp3) is 0.333. The quantitative estimate of drug-likeness (QED) is 0.473. The Balaban J connectivity index is 1.80. The molecule has 0 fully saturated rings. The van der Waals surface area contributed by atoms with Crippen LogP contribution in [0.5, 0.6) is 11.5 Å². The first-order valence-electron chi connectivity index (χ1n) is 10.0. The van der Waals surface area contributed by atoms with E-state index in [0.29, 0.717) is 42.9 Å². The Morgan fingerprint density at radius 2 is 1.86 bits per heavy atom. The lowest BCUT2D eigenvalue weighted by molar-refractivity contribution is -0.116. The highest BCUT2D eigenvalue weighted by Gasteiger charge is 2.31. The van der Waals surface area contributed by atoms with Gasteiger partial charge in [0.1, 0.15) is 23.9 Å². The van der Waals surface area contributed by atoms with E-state index in [0.717, 1.165) is 11.3 Å². The molecule has 29 heavy (non-hydrogen) atoms. The second kappa shape index (κ2) is 9.41. The van der Waals surface area contributed by atoms with E-state index in [4.69, 9.17) is 9.57 Å². The van der Waals surface area contributed by atoms with Gasteiger partial charge in [0, 0.05) is 12.8 Å². The maximum atomic E-state index is 12.8. The Morgan fingerprint density at radius 3 is 2.52 bits per heavy atom. The normalized spacial score (nSPS) is 17.4. The van der Waals surface area contributed by atoms with Crippen LogP contribution in [0.3, 0.4) is 0 Å². The van der Waals surface area contributed by atoms with Crippen LogP contribution in [0.2, 0.25) is 0 Å². The molecule has 0 heterocycles. The van der Waals surface area contributed by atoms with Crippen LogP contribution in [0, 0.1) is 6.92 Å². The highest BCUT2D eigenvalue weighted by Crippen LogP contribution is 2.36. The summed E-state index contributed by atoms with van der Waals surface area (Å²) in [4.78, 5) is 17.9. The van der Waals surface area contributed by atoms with Crippen LogP contribution >= 0.6 is 0 Å². The number of ketones is 1. The van der Waals surface area contributed by atoms with Gasteiger partial charge in [-0.15, -0.1) is 0 Å². The fourth-order valence-electron chi connectivity index (χ4n) is 3.46. The number of aryl methyl sites for hydroxylation is 1. The molecule has 0 aliphatic heterocycles. The smallest absolute Gasteiger partial charge is 0.168 e. The van der Waals surface area contributed by atoms with Gasteiger partial charge in [-0.05, 0) is 56.0 Å². The Hall–Kier alpha value is -3.08. The molecule has 1 aliphatic carbocycles. The number of hydrogen-bond acceptors (Lipinski definition) is 5. The summed E-state index contributed by atoms with van der Waals surface area (Å²) in [7, 11) is 0. The van der Waals surface area contributed by atoms with Gasteiger partial charge in [0.15, 0.2) is 5.78 Å². The minimum absolute atomic E-state index is 0.0800. The van der Waals surface area contributed by atoms with Gasteiger partial charge in [-0.2, -0.15) is 0 Å². The molecule has 1 unspecified atom stereocenters. The molecule has 0 bridgehead atoms. The van der Waals surface area contributed by atoms with Crippen molar-refractivity contribution in [2.24, 2.45) is 5.16 Å². The van der Waals surface area contributed by atoms with Gasteiger partial charge < -0.3 is 14.7 Å². The van der Waals surface area contributed by atoms with Gasteiger partial charge in [-0.3, -0.25) is 4.79 Å². The van der Waals surface area contributed by atoms with Gasteiger partial charge in [0.05, 0.1) is 11.3 Å². The van der Waals surface area contributed by atoms with Crippen molar-refractivity contribution in [3.8, 4) is 11.5 Å². The fourth-order valence-corrected chi connectivity index (χ4v) is 3.46. The summed E-state index contributed by atoms with van der Waals surface area (Å²) < 4.78 is 5.94. The first-order chi connectivity index (χ1) is 14.0. The van der Waals surface area contributed by atoms with Gasteiger partial charge >= 0.3 is 0 Å². The van der Waals surface area contributed by atoms with E-state index < -0.39 is 0 Å². The third-order valence-electron chi connectivity index (χ3n) is 4.95. The molecule has 3 rings (SSSR count). The highest BCUT2D eigenvalue weighted by molar-refractivity contribution is 6.23. The second-order valence-corrected chi connectivity index (χ2v) is 7.15. The third-order valence-corrected chi connectivity index (χ3v) is 4.95. The maximum absolute atomic E-state index is 12.8. The molecule has 1 atom stereocenters. The SMILES string of the molecule is CCO/N=C(/CC)C1=C(O)CC(c2cccc(Oc3ccc(C)cc3)c2)CC1=O. The Bertz CT molecular complexity index is 928. The molecule has 0 amide bonds. The summed E-state index contributed by atoms with van der Waals surface area (Å²) in [6.07, 6.45) is 1.23. The standard InChI is InChI=1S/C24H27NO4/c1-4-21(25-28-5-2)24-22(26)14-18(15-23(24)27)17-7-6-8-20(13-17)29-19-11-9-16(3)10-12-19/h6-13,18,26H,4-5,14-15H2,1-3H3/b25-21-. The molecular weight excluding hydrogens is 366 g/mol. The predicted octanol–water partition coefficient (Wildman–Crippen LogP) is 5.85. The van der Waals surface area contributed by atoms with Gasteiger partial charge in [-0.25, -0.2) is 0 Å². The summed E-state index contributed by atoms with van der Waals surface area (Å²) in [5.74, 6) is 1.34. The molecule has 0 aromatic heterocycles. The average Bonchev–Trinajstić information content (AvgIpc) is 2.71. The van der Waals surface area contributed by atoms with E-state index in [2.05, 4.69) is 5.16 Å². The third kappa shape index (κ3) is 5.05. The van der Waals surface area contributed by atoms with Crippen molar-refractivity contribution in [2.45, 2.75) is 46.0 Å². The van der Waals surface area contributed by atoms with Crippen LogP contribution < -0.4 is 4.74 Å². The van der Waals surface area contributed by atoms with E-state index in [-0.39, 0.29) is 17.5 Å². The molecule has 2 aromatic carbocycles. The van der Waals surface area contributed by atoms with Crippen LogP contribution in [-0.4, -0.2) is 23.2 Å². The van der Waals surface area contributed by atoms with Crippen LogP contribution in [0.1, 0.15) is 50.2 Å². The highest BCUT2D eigenvalue weighted by atomic mass is 16.6. The topological polar surface area (TPSA) is 68.1 Å². The first-order valence-corrected chi connectivity index (χ1v) is 10.0. The van der Waals surface area contributed by atoms with E-state index in [1.165, 1.54) is 5.56 Å². The summed E-state index contributed by atoms with van der Waals surface area (Å²) in [6, 6.07) is 15.6. The van der Waals surface area contributed by atoms with Crippen molar-refractivity contribution in [2.75, 3.05) is 6.61 Å². The zero-order valence-corrected chi connectivity index (χ0v) is 17.1. The Kier molecular flexibility index (Phi) is 6.70. The maximum Gasteiger partial charge on any atom is 0.168 e. The number of aliphatic hydroxyl groups is 1. The number of carbonyl (C=O) groups excluding carboxylic acids is 1. The molecule has 2 aromatic rings. The number of aliphatic hydroxyl groups excluding tert-OH is 1. The largest absolute Gasteiger partial charge is 0.511 e. The molecule has 152 valence electrons. The summed E-state index contributed by atoms with van der Waals surface area (Å²) in [6.45, 7) is 6.17. The van der Waals surface area contributed by atoms with Crippen LogP contribution in [0.4, 0.5) is 0 Å². The van der Waals surface area contributed by atoms with E-state index >= 15 is 0 Å². The van der Waals surface area contributed by atoms with Crippen molar-refractivity contribution < 1.29 is 19.5 Å². The minimum atomic E-state index is -0.107. The number of oxime groups is 1. The summed E-state index contributed by atoms with van der Waals surface area (Å²) in [5.41, 5.74) is 2.95. The molecule has 0 spiro atoms. The van der Waals surface area contributed by atoms with E-state index in [9.17, 15) is 9.90 Å². The number of ether oxygens (including phenoxy) is 1. The van der Waals surface area contributed by atoms with Crippen molar-refractivity contribution >= 4 is 11.5 Å². The second-order valence-electron chi connectivity index (χ2n) is 7.15. The van der Waals surface area contributed by atoms with Crippen molar-refractivity contribution in [1.82, 2.24) is 0 Å². The summed E-state index contributed by atoms with van der Waals surface area (Å²) in [5, 5.41) is 14.6. The molecule has 0 saturated heterocycles. The Labute approximate surface area is 171 Å². The van der Waals surface area contributed by atoms with E-state index in [1.54, 1.807) is 0 Å². The van der Waals surface area contributed by atoms with Crippen molar-refractivity contribution in [3.63, 3.8) is 0 Å². The average molecular weight is 393 g/mol. The van der Waals surface area contributed by atoms with Gasteiger partial charge in [0.25, 0.3) is 0 Å². The first kappa shape index (κ1) is 20.6. The van der Waals surface area contributed by atoms with Gasteiger partial charge in [-0.1, -0.05) is 41.9 Å². The minimum Gasteiger partial charge on any atom is -0.511 e. The molecule has 0 saturated carbocycles. The van der Waals surface area contributed by atoms with Crippen LogP contribution in [0.15, 0.2) is 65.0 Å². The van der Waals surface area contributed by atoms with Gasteiger partial charge in [0.2, 0.25) is 0 Å². The Morgan fingerprint density at radius 1 is 1.10 bits per heavy atom. The van der Waals surface area contributed by atoms with Crippen LogP contribution in [0.25, 0.3) is 0 Å². The number of Topliss-reactive ketones (excluding diaryl/α,β-unsaturated/α-hetero) is 1. The van der Waals surface area contributed by atoms with Crippen molar-refractivity contribution in [3.05, 3.63) is 71.0 Å². The molecular formula is C24H27NO4. The summed E-state index contributed by atoms with van der Waals surface area (Å²) >= 11 is 0. The molecule has 1 aliphatic rings. The zero-order valence-electron chi connectivity index (χ0n) is 17.1. The number of carbonyl (C=O) groups is 1. The molecule has 5 heteroatoms. The monoisotopic (exact) mass is 393 g/mol. The van der Waals surface area contributed by atoms with Crippen molar-refractivity contribution in [1.29, 1.82) is 0 Å². The number of nitrogens with zero attached hydrogens (tertiary/aromatic N) is 1. The number of rotatable bonds is 7. The molecule has 1 N–H and O–H groups in total. The number of allylic oxidation sites excluding steroid dienone is 2. The lowest BCUT2D eigenvalue weighted by atomic mass is 9.81. The predicted molar refractivity (Wildman–Crippen MR) is 114 cm³/mol. The number of benzene rings is 2. The lowest BCUT2D eigenvalue weighted by Gasteiger charge is -2.24. The lowest BCUT2D eigenvalue weighted by Crippen LogP contribution is -2.23. The zero-order chi connectivity index (χ0) is 20.8.